The van der Waals surface area contributed by atoms with Crippen LogP contribution in [-0.2, 0) is 0 Å². The van der Waals surface area contributed by atoms with Gasteiger partial charge < -0.3 is 10.0 Å². The maximum absolute atomic E-state index is 9.20. The van der Waals surface area contributed by atoms with E-state index in [-0.39, 0.29) is 5.54 Å². The van der Waals surface area contributed by atoms with Gasteiger partial charge in [0.15, 0.2) is 0 Å². The van der Waals surface area contributed by atoms with E-state index in [9.17, 15) is 5.11 Å². The van der Waals surface area contributed by atoms with E-state index in [2.05, 4.69) is 44.5 Å². The normalized spacial score (nSPS) is 30.4. The molecule has 0 amide bonds. The minimum absolute atomic E-state index is 0.199. The molecule has 1 saturated heterocycles. The van der Waals surface area contributed by atoms with Crippen molar-refractivity contribution < 1.29 is 5.11 Å². The van der Waals surface area contributed by atoms with Crippen molar-refractivity contribution in [2.45, 2.75) is 58.2 Å². The highest BCUT2D eigenvalue weighted by Crippen LogP contribution is 2.24. The monoisotopic (exact) mass is 228 g/mol. The van der Waals surface area contributed by atoms with Crippen LogP contribution in [0, 0.1) is 0 Å². The van der Waals surface area contributed by atoms with Crippen LogP contribution in [0.4, 0.5) is 0 Å². The minimum Gasteiger partial charge on any atom is -0.396 e. The zero-order valence-corrected chi connectivity index (χ0v) is 11.5. The van der Waals surface area contributed by atoms with Crippen molar-refractivity contribution in [3.8, 4) is 0 Å². The van der Waals surface area contributed by atoms with Gasteiger partial charge in [0.1, 0.15) is 0 Å². The van der Waals surface area contributed by atoms with Gasteiger partial charge in [-0.05, 0) is 47.6 Å². The predicted molar refractivity (Wildman–Crippen MR) is 68.7 cm³/mol. The van der Waals surface area contributed by atoms with Crippen molar-refractivity contribution in [3.05, 3.63) is 0 Å². The molecule has 1 aliphatic rings. The van der Waals surface area contributed by atoms with Gasteiger partial charge >= 0.3 is 0 Å². The molecule has 0 bridgehead atoms. The van der Waals surface area contributed by atoms with Crippen LogP contribution in [0.15, 0.2) is 0 Å². The predicted octanol–water partition coefficient (Wildman–Crippen LogP) is 1.56. The maximum Gasteiger partial charge on any atom is 0.0446 e. The fourth-order valence-corrected chi connectivity index (χ4v) is 2.62. The van der Waals surface area contributed by atoms with E-state index in [0.717, 1.165) is 19.5 Å². The highest BCUT2D eigenvalue weighted by Gasteiger charge is 2.32. The third-order valence-corrected chi connectivity index (χ3v) is 3.80. The maximum atomic E-state index is 9.20. The Balaban J connectivity index is 2.78. The summed E-state index contributed by atoms with van der Waals surface area (Å²) in [5.74, 6) is 0. The Morgan fingerprint density at radius 2 is 1.94 bits per heavy atom. The molecular formula is C13H28N2O. The van der Waals surface area contributed by atoms with Gasteiger partial charge in [-0.1, -0.05) is 0 Å². The molecule has 96 valence electrons. The van der Waals surface area contributed by atoms with E-state index in [1.165, 1.54) is 6.42 Å². The number of nitrogens with zero attached hydrogens (tertiary/aromatic N) is 2. The smallest absolute Gasteiger partial charge is 0.0446 e. The van der Waals surface area contributed by atoms with Gasteiger partial charge in [0, 0.05) is 37.3 Å². The molecule has 1 N–H and O–H groups in total. The second-order valence-corrected chi connectivity index (χ2v) is 6.11. The first-order valence-corrected chi connectivity index (χ1v) is 6.44. The van der Waals surface area contributed by atoms with Crippen LogP contribution in [0.3, 0.4) is 0 Å². The molecule has 2 unspecified atom stereocenters. The number of likely N-dealkylation sites (N-methyl/N-ethyl adjacent to an activating group) is 1. The Hall–Kier alpha value is -0.120. The molecule has 0 aromatic carbocycles. The highest BCUT2D eigenvalue weighted by atomic mass is 16.3. The van der Waals surface area contributed by atoms with E-state index >= 15 is 0 Å². The fraction of sp³-hybridized carbons (Fsp3) is 1.00. The van der Waals surface area contributed by atoms with Gasteiger partial charge in [0.25, 0.3) is 0 Å². The quantitative estimate of drug-likeness (QED) is 0.777. The number of aliphatic hydroxyl groups excluding tert-OH is 1. The Morgan fingerprint density at radius 3 is 2.44 bits per heavy atom. The molecule has 0 radical (unpaired) electrons. The molecule has 0 aromatic heterocycles. The summed E-state index contributed by atoms with van der Waals surface area (Å²) in [6.45, 7) is 11.6. The molecule has 16 heavy (non-hydrogen) atoms. The molecule has 0 aromatic rings. The summed E-state index contributed by atoms with van der Waals surface area (Å²) in [5, 5.41) is 9.20. The number of aliphatic hydroxyl groups is 1. The summed E-state index contributed by atoms with van der Waals surface area (Å²) in [5.41, 5.74) is 0.199. The summed E-state index contributed by atoms with van der Waals surface area (Å²) < 4.78 is 0. The second kappa shape index (κ2) is 5.48. The summed E-state index contributed by atoms with van der Waals surface area (Å²) >= 11 is 0. The van der Waals surface area contributed by atoms with Gasteiger partial charge in [-0.3, -0.25) is 4.90 Å². The average Bonchev–Trinajstić information content (AvgIpc) is 2.27. The van der Waals surface area contributed by atoms with Crippen molar-refractivity contribution in [1.82, 2.24) is 9.80 Å². The van der Waals surface area contributed by atoms with Crippen molar-refractivity contribution in [2.75, 3.05) is 26.7 Å². The molecule has 3 heteroatoms. The van der Waals surface area contributed by atoms with Crippen molar-refractivity contribution >= 4 is 0 Å². The van der Waals surface area contributed by atoms with E-state index in [0.29, 0.717) is 18.7 Å². The molecule has 3 nitrogen and oxygen atoms in total. The first-order chi connectivity index (χ1) is 7.36. The topological polar surface area (TPSA) is 26.7 Å². The third-order valence-electron chi connectivity index (χ3n) is 3.80. The summed E-state index contributed by atoms with van der Waals surface area (Å²) in [4.78, 5) is 4.98. The van der Waals surface area contributed by atoms with Gasteiger partial charge in [-0.15, -0.1) is 0 Å². The zero-order valence-electron chi connectivity index (χ0n) is 11.5. The highest BCUT2D eigenvalue weighted by molar-refractivity contribution is 4.88. The van der Waals surface area contributed by atoms with Crippen molar-refractivity contribution in [2.24, 2.45) is 0 Å². The molecule has 0 aliphatic carbocycles. The van der Waals surface area contributed by atoms with Crippen LogP contribution >= 0.6 is 0 Å². The Morgan fingerprint density at radius 1 is 1.31 bits per heavy atom. The Kier molecular flexibility index (Phi) is 4.77. The van der Waals surface area contributed by atoms with E-state index in [1.54, 1.807) is 0 Å². The summed E-state index contributed by atoms with van der Waals surface area (Å²) in [6, 6.07) is 1.13. The lowest BCUT2D eigenvalue weighted by atomic mass is 10.0. The fourth-order valence-electron chi connectivity index (χ4n) is 2.62. The van der Waals surface area contributed by atoms with Crippen LogP contribution in [0.25, 0.3) is 0 Å². The standard InChI is InChI=1S/C13H28N2O/c1-11-6-8-15(13(2,3)4)12(7-9-16)10-14(11)5/h11-12,16H,6-10H2,1-5H3. The minimum atomic E-state index is 0.199. The van der Waals surface area contributed by atoms with Crippen LogP contribution in [0.5, 0.6) is 0 Å². The van der Waals surface area contributed by atoms with E-state index in [4.69, 9.17) is 0 Å². The van der Waals surface area contributed by atoms with E-state index < -0.39 is 0 Å². The molecule has 1 heterocycles. The van der Waals surface area contributed by atoms with Gasteiger partial charge in [-0.2, -0.15) is 0 Å². The lowest BCUT2D eigenvalue weighted by Crippen LogP contribution is -2.50. The molecular weight excluding hydrogens is 200 g/mol. The molecule has 0 saturated carbocycles. The Bertz CT molecular complexity index is 212. The van der Waals surface area contributed by atoms with Crippen LogP contribution in [0.1, 0.15) is 40.5 Å². The largest absolute Gasteiger partial charge is 0.396 e. The number of hydrogen-bond acceptors (Lipinski definition) is 3. The third kappa shape index (κ3) is 3.44. The van der Waals surface area contributed by atoms with Crippen molar-refractivity contribution in [3.63, 3.8) is 0 Å². The zero-order chi connectivity index (χ0) is 12.3. The molecule has 1 rings (SSSR count). The number of rotatable bonds is 2. The van der Waals surface area contributed by atoms with Crippen LogP contribution in [-0.4, -0.2) is 59.3 Å². The molecule has 1 aliphatic heterocycles. The second-order valence-electron chi connectivity index (χ2n) is 6.11. The number of hydrogen-bond donors (Lipinski definition) is 1. The van der Waals surface area contributed by atoms with Gasteiger partial charge in [0.2, 0.25) is 0 Å². The molecule has 1 fully saturated rings. The van der Waals surface area contributed by atoms with Gasteiger partial charge in [-0.25, -0.2) is 0 Å². The molecule has 0 spiro atoms. The first-order valence-electron chi connectivity index (χ1n) is 6.44. The molecule has 2 atom stereocenters. The first kappa shape index (κ1) is 13.9. The van der Waals surface area contributed by atoms with Crippen molar-refractivity contribution in [1.29, 1.82) is 0 Å². The van der Waals surface area contributed by atoms with Crippen LogP contribution in [0.2, 0.25) is 0 Å². The SMILES string of the molecule is CC1CCN(C(C)(C)C)C(CCO)CN1C. The summed E-state index contributed by atoms with van der Waals surface area (Å²) in [7, 11) is 2.20. The lowest BCUT2D eigenvalue weighted by molar-refractivity contribution is 0.0664. The van der Waals surface area contributed by atoms with Gasteiger partial charge in [0.05, 0.1) is 0 Å². The van der Waals surface area contributed by atoms with E-state index in [1.807, 2.05) is 0 Å². The average molecular weight is 228 g/mol. The van der Waals surface area contributed by atoms with Crippen LogP contribution < -0.4 is 0 Å². The summed E-state index contributed by atoms with van der Waals surface area (Å²) in [6.07, 6.45) is 2.10. The Labute approximate surface area is 100 Å². The lowest BCUT2D eigenvalue weighted by Gasteiger charge is -2.41.